The van der Waals surface area contributed by atoms with Crippen molar-refractivity contribution in [2.75, 3.05) is 11.4 Å². The molecule has 0 aromatic carbocycles. The summed E-state index contributed by atoms with van der Waals surface area (Å²) in [5.74, 6) is -1.91. The minimum absolute atomic E-state index is 0.00181. The first kappa shape index (κ1) is 12.3. The van der Waals surface area contributed by atoms with Gasteiger partial charge in [0.2, 0.25) is 5.91 Å². The number of carboxylic acid groups (broad SMARTS) is 1. The maximum atomic E-state index is 11.7. The van der Waals surface area contributed by atoms with E-state index in [2.05, 4.69) is 20.9 Å². The van der Waals surface area contributed by atoms with Gasteiger partial charge in [0.05, 0.1) is 27.3 Å². The Hall–Kier alpha value is -1.14. The number of amides is 1. The lowest BCUT2D eigenvalue weighted by Crippen LogP contribution is -2.26. The molecule has 7 heteroatoms. The second-order valence-electron chi connectivity index (χ2n) is 3.70. The smallest absolute Gasteiger partial charge is 0.308 e. The predicted octanol–water partition coefficient (Wildman–Crippen LogP) is 1.94. The number of aromatic nitrogens is 1. The van der Waals surface area contributed by atoms with Crippen molar-refractivity contribution < 1.29 is 14.7 Å². The zero-order chi connectivity index (χ0) is 12.6. The fourth-order valence-corrected chi connectivity index (χ4v) is 2.22. The number of hydrogen-bond donors (Lipinski definition) is 1. The van der Waals surface area contributed by atoms with Gasteiger partial charge in [-0.25, -0.2) is 0 Å². The van der Waals surface area contributed by atoms with E-state index in [4.69, 9.17) is 16.7 Å². The van der Waals surface area contributed by atoms with Gasteiger partial charge in [-0.1, -0.05) is 11.6 Å². The van der Waals surface area contributed by atoms with Crippen LogP contribution in [0.2, 0.25) is 5.02 Å². The molecule has 0 radical (unpaired) electrons. The summed E-state index contributed by atoms with van der Waals surface area (Å²) >= 11 is 9.25. The van der Waals surface area contributed by atoms with Crippen molar-refractivity contribution in [3.05, 3.63) is 21.9 Å². The van der Waals surface area contributed by atoms with Crippen molar-refractivity contribution in [1.29, 1.82) is 0 Å². The summed E-state index contributed by atoms with van der Waals surface area (Å²) in [6, 6.07) is 0. The molecule has 1 amide bonds. The summed E-state index contributed by atoms with van der Waals surface area (Å²) in [5, 5.41) is 9.24. The highest BCUT2D eigenvalue weighted by Crippen LogP contribution is 2.34. The SMILES string of the molecule is O=C(O)C1CC(=O)N(c2cncc(Br)c2Cl)C1. The zero-order valence-corrected chi connectivity index (χ0v) is 10.9. The number of carboxylic acids is 1. The van der Waals surface area contributed by atoms with Gasteiger partial charge in [-0.15, -0.1) is 0 Å². The van der Waals surface area contributed by atoms with Crippen LogP contribution in [0.3, 0.4) is 0 Å². The first-order chi connectivity index (χ1) is 8.00. The molecule has 1 aromatic rings. The minimum Gasteiger partial charge on any atom is -0.481 e. The lowest BCUT2D eigenvalue weighted by molar-refractivity contribution is -0.141. The Morgan fingerprint density at radius 3 is 2.88 bits per heavy atom. The molecule has 17 heavy (non-hydrogen) atoms. The average molecular weight is 320 g/mol. The molecule has 1 N–H and O–H groups in total. The number of rotatable bonds is 2. The molecule has 5 nitrogen and oxygen atoms in total. The standard InChI is InChI=1S/C10H8BrClN2O3/c11-6-2-13-3-7(9(6)12)14-4-5(10(16)17)1-8(14)15/h2-3,5H,1,4H2,(H,16,17). The van der Waals surface area contributed by atoms with Gasteiger partial charge in [0.1, 0.15) is 0 Å². The molecule has 1 saturated heterocycles. The molecule has 0 saturated carbocycles. The molecule has 0 spiro atoms. The van der Waals surface area contributed by atoms with E-state index in [1.54, 1.807) is 0 Å². The van der Waals surface area contributed by atoms with Crippen LogP contribution in [0.5, 0.6) is 0 Å². The van der Waals surface area contributed by atoms with Gasteiger partial charge < -0.3 is 10.0 Å². The van der Waals surface area contributed by atoms with Crippen LogP contribution in [0, 0.1) is 5.92 Å². The quantitative estimate of drug-likeness (QED) is 0.904. The van der Waals surface area contributed by atoms with E-state index >= 15 is 0 Å². The van der Waals surface area contributed by atoms with E-state index in [1.165, 1.54) is 17.3 Å². The van der Waals surface area contributed by atoms with Crippen LogP contribution in [-0.2, 0) is 9.59 Å². The van der Waals surface area contributed by atoms with Gasteiger partial charge in [-0.3, -0.25) is 14.6 Å². The third kappa shape index (κ3) is 2.28. The van der Waals surface area contributed by atoms with Crippen LogP contribution in [0.1, 0.15) is 6.42 Å². The molecule has 1 aliphatic heterocycles. The normalized spacial score (nSPS) is 19.8. The Bertz CT molecular complexity index is 494. The molecule has 1 aliphatic rings. The van der Waals surface area contributed by atoms with Crippen molar-refractivity contribution in [1.82, 2.24) is 4.98 Å². The number of pyridine rings is 1. The number of aliphatic carboxylic acids is 1. The van der Waals surface area contributed by atoms with Crippen molar-refractivity contribution in [2.45, 2.75) is 6.42 Å². The van der Waals surface area contributed by atoms with Gasteiger partial charge in [-0.05, 0) is 15.9 Å². The molecule has 90 valence electrons. The van der Waals surface area contributed by atoms with Crippen molar-refractivity contribution in [3.63, 3.8) is 0 Å². The topological polar surface area (TPSA) is 70.5 Å². The van der Waals surface area contributed by atoms with Gasteiger partial charge in [0, 0.05) is 19.2 Å². The number of nitrogens with zero attached hydrogens (tertiary/aromatic N) is 2. The molecular weight excluding hydrogens is 311 g/mol. The fourth-order valence-electron chi connectivity index (χ4n) is 1.70. The lowest BCUT2D eigenvalue weighted by Gasteiger charge is -2.17. The third-order valence-electron chi connectivity index (χ3n) is 2.58. The molecular formula is C10H8BrClN2O3. The fraction of sp³-hybridized carbons (Fsp3) is 0.300. The molecule has 2 heterocycles. The monoisotopic (exact) mass is 318 g/mol. The maximum absolute atomic E-state index is 11.7. The molecule has 1 aromatic heterocycles. The number of anilines is 1. The van der Waals surface area contributed by atoms with Crippen LogP contribution in [-0.4, -0.2) is 28.5 Å². The third-order valence-corrected chi connectivity index (χ3v) is 3.81. The average Bonchev–Trinajstić information content (AvgIpc) is 2.65. The Morgan fingerprint density at radius 1 is 1.59 bits per heavy atom. The summed E-state index contributed by atoms with van der Waals surface area (Å²) in [7, 11) is 0. The lowest BCUT2D eigenvalue weighted by atomic mass is 10.1. The Balaban J connectivity index is 2.32. The van der Waals surface area contributed by atoms with E-state index in [9.17, 15) is 9.59 Å². The van der Waals surface area contributed by atoms with Crippen molar-refractivity contribution in [3.8, 4) is 0 Å². The van der Waals surface area contributed by atoms with Crippen LogP contribution in [0.4, 0.5) is 5.69 Å². The minimum atomic E-state index is -0.972. The van der Waals surface area contributed by atoms with Crippen LogP contribution in [0.15, 0.2) is 16.9 Å². The van der Waals surface area contributed by atoms with Crippen LogP contribution >= 0.6 is 27.5 Å². The molecule has 2 rings (SSSR count). The summed E-state index contributed by atoms with van der Waals surface area (Å²) < 4.78 is 0.572. The first-order valence-corrected chi connectivity index (χ1v) is 6.00. The molecule has 0 aliphatic carbocycles. The van der Waals surface area contributed by atoms with E-state index in [-0.39, 0.29) is 18.9 Å². The predicted molar refractivity (Wildman–Crippen MR) is 65.0 cm³/mol. The Labute approximate surface area is 111 Å². The van der Waals surface area contributed by atoms with E-state index in [1.807, 2.05) is 0 Å². The number of carbonyl (C=O) groups excluding carboxylic acids is 1. The number of halogens is 2. The Kier molecular flexibility index (Phi) is 3.35. The first-order valence-electron chi connectivity index (χ1n) is 4.83. The highest BCUT2D eigenvalue weighted by Gasteiger charge is 2.36. The van der Waals surface area contributed by atoms with Crippen LogP contribution < -0.4 is 4.90 Å². The molecule has 1 atom stereocenters. The van der Waals surface area contributed by atoms with E-state index < -0.39 is 11.9 Å². The summed E-state index contributed by atoms with van der Waals surface area (Å²) in [6.45, 7) is 0.131. The number of carbonyl (C=O) groups is 2. The van der Waals surface area contributed by atoms with E-state index in [0.29, 0.717) is 15.2 Å². The second-order valence-corrected chi connectivity index (χ2v) is 4.93. The van der Waals surface area contributed by atoms with Gasteiger partial charge in [-0.2, -0.15) is 0 Å². The summed E-state index contributed by atoms with van der Waals surface area (Å²) in [6.07, 6.45) is 2.97. The number of hydrogen-bond acceptors (Lipinski definition) is 3. The molecule has 1 fully saturated rings. The van der Waals surface area contributed by atoms with Gasteiger partial charge in [0.15, 0.2) is 0 Å². The van der Waals surface area contributed by atoms with E-state index in [0.717, 1.165) is 0 Å². The second kappa shape index (κ2) is 4.62. The van der Waals surface area contributed by atoms with Gasteiger partial charge in [0.25, 0.3) is 0 Å². The summed E-state index contributed by atoms with van der Waals surface area (Å²) in [4.78, 5) is 27.8. The maximum Gasteiger partial charge on any atom is 0.308 e. The Morgan fingerprint density at radius 2 is 2.29 bits per heavy atom. The largest absolute Gasteiger partial charge is 0.481 e. The van der Waals surface area contributed by atoms with Gasteiger partial charge >= 0.3 is 5.97 Å². The zero-order valence-electron chi connectivity index (χ0n) is 8.56. The highest BCUT2D eigenvalue weighted by atomic mass is 79.9. The van der Waals surface area contributed by atoms with Crippen molar-refractivity contribution in [2.24, 2.45) is 5.92 Å². The van der Waals surface area contributed by atoms with Crippen LogP contribution in [0.25, 0.3) is 0 Å². The molecule has 1 unspecified atom stereocenters. The van der Waals surface area contributed by atoms with Crippen molar-refractivity contribution >= 4 is 45.1 Å². The molecule has 0 bridgehead atoms. The summed E-state index contributed by atoms with van der Waals surface area (Å²) in [5.41, 5.74) is 0.440. The highest BCUT2D eigenvalue weighted by molar-refractivity contribution is 9.10.